The van der Waals surface area contributed by atoms with Gasteiger partial charge in [-0.05, 0) is 34.6 Å². The van der Waals surface area contributed by atoms with E-state index in [1.54, 1.807) is 37.5 Å². The van der Waals surface area contributed by atoms with Crippen molar-refractivity contribution in [3.63, 3.8) is 0 Å². The zero-order valence-corrected chi connectivity index (χ0v) is 17.4. The Labute approximate surface area is 163 Å². The Morgan fingerprint density at radius 1 is 0.741 bits per heavy atom. The summed E-state index contributed by atoms with van der Waals surface area (Å²) in [5.41, 5.74) is 4.77. The van der Waals surface area contributed by atoms with Gasteiger partial charge in [0.2, 0.25) is 0 Å². The highest BCUT2D eigenvalue weighted by atomic mass is 16.3. The van der Waals surface area contributed by atoms with Crippen molar-refractivity contribution in [1.29, 1.82) is 0 Å². The lowest BCUT2D eigenvalue weighted by Crippen LogP contribution is -2.64. The maximum Gasteiger partial charge on any atom is 0.0906 e. The molecule has 0 aromatic rings. The molecule has 9 nitrogen and oxygen atoms in total. The summed E-state index contributed by atoms with van der Waals surface area (Å²) in [5.74, 6) is 0. The van der Waals surface area contributed by atoms with Crippen molar-refractivity contribution < 1.29 is 30.6 Å². The van der Waals surface area contributed by atoms with Crippen molar-refractivity contribution >= 4 is 0 Å². The van der Waals surface area contributed by atoms with E-state index >= 15 is 0 Å². The third kappa shape index (κ3) is 10.7. The molecule has 0 aliphatic rings. The van der Waals surface area contributed by atoms with E-state index in [-0.39, 0.29) is 32.7 Å². The third-order valence-corrected chi connectivity index (χ3v) is 4.34. The van der Waals surface area contributed by atoms with Gasteiger partial charge >= 0.3 is 0 Å². The molecule has 0 fully saturated rings. The summed E-state index contributed by atoms with van der Waals surface area (Å²) in [7, 11) is 0. The molecule has 0 aromatic heterocycles. The summed E-state index contributed by atoms with van der Waals surface area (Å²) >= 11 is 0. The number of hydrogen-bond acceptors (Lipinski definition) is 9. The van der Waals surface area contributed by atoms with E-state index < -0.39 is 48.7 Å². The summed E-state index contributed by atoms with van der Waals surface area (Å²) in [6.45, 7) is 8.69. The second-order valence-corrected chi connectivity index (χ2v) is 8.24. The Kier molecular flexibility index (Phi) is 12.1. The van der Waals surface area contributed by atoms with Crippen molar-refractivity contribution in [3.8, 4) is 0 Å². The number of aliphatic hydroxyl groups is 6. The Bertz CT molecular complexity index is 373. The van der Waals surface area contributed by atoms with Crippen LogP contribution in [0.15, 0.2) is 0 Å². The molecule has 0 rings (SSSR count). The first-order chi connectivity index (χ1) is 12.3. The lowest BCUT2D eigenvalue weighted by Gasteiger charge is -2.44. The normalized spacial score (nSPS) is 21.6. The van der Waals surface area contributed by atoms with Gasteiger partial charge in [-0.3, -0.25) is 9.80 Å². The van der Waals surface area contributed by atoms with Gasteiger partial charge in [-0.2, -0.15) is 0 Å². The van der Waals surface area contributed by atoms with Gasteiger partial charge in [-0.1, -0.05) is 0 Å². The van der Waals surface area contributed by atoms with Gasteiger partial charge < -0.3 is 36.4 Å². The van der Waals surface area contributed by atoms with E-state index in [9.17, 15) is 30.6 Å². The quantitative estimate of drug-likeness (QED) is 0.170. The van der Waals surface area contributed by atoms with Crippen LogP contribution in [-0.2, 0) is 0 Å². The second-order valence-electron chi connectivity index (χ2n) is 8.24. The van der Waals surface area contributed by atoms with E-state index in [1.807, 2.05) is 0 Å². The van der Waals surface area contributed by atoms with Crippen LogP contribution in [0.1, 0.15) is 34.6 Å². The van der Waals surface area contributed by atoms with Crippen LogP contribution in [0.5, 0.6) is 0 Å². The first-order valence-electron chi connectivity index (χ1n) is 9.56. The molecule has 0 radical (unpaired) electrons. The fraction of sp³-hybridized carbons (Fsp3) is 1.00. The Morgan fingerprint density at radius 3 is 1.41 bits per heavy atom. The van der Waals surface area contributed by atoms with E-state index in [0.29, 0.717) is 0 Å². The van der Waals surface area contributed by atoms with E-state index in [4.69, 9.17) is 5.73 Å². The first kappa shape index (κ1) is 26.6. The highest BCUT2D eigenvalue weighted by molar-refractivity contribution is 4.97. The molecule has 0 bridgehead atoms. The fourth-order valence-corrected chi connectivity index (χ4v) is 3.21. The Balaban J connectivity index is 5.75. The maximum absolute atomic E-state index is 10.9. The van der Waals surface area contributed by atoms with Crippen LogP contribution in [0.2, 0.25) is 0 Å². The molecule has 0 aliphatic carbocycles. The molecule has 0 spiro atoms. The number of nitrogens with two attached hydrogens (primary N) is 1. The van der Waals surface area contributed by atoms with E-state index in [2.05, 4.69) is 0 Å². The smallest absolute Gasteiger partial charge is 0.0906 e. The molecular formula is C18H41N3O6. The van der Waals surface area contributed by atoms with Crippen LogP contribution in [0.25, 0.3) is 0 Å². The van der Waals surface area contributed by atoms with Gasteiger partial charge in [0, 0.05) is 32.7 Å². The van der Waals surface area contributed by atoms with Crippen LogP contribution in [0.3, 0.4) is 0 Å². The molecule has 9 heteroatoms. The summed E-state index contributed by atoms with van der Waals surface area (Å²) in [4.78, 5) is 3.53. The summed E-state index contributed by atoms with van der Waals surface area (Å²) < 4.78 is 0. The highest BCUT2D eigenvalue weighted by Crippen LogP contribution is 2.18. The molecule has 0 aromatic carbocycles. The minimum absolute atomic E-state index is 0.186. The van der Waals surface area contributed by atoms with Crippen molar-refractivity contribution in [2.75, 3.05) is 39.3 Å². The molecule has 0 saturated heterocycles. The van der Waals surface area contributed by atoms with Crippen LogP contribution in [0.4, 0.5) is 0 Å². The van der Waals surface area contributed by atoms with Gasteiger partial charge in [-0.15, -0.1) is 0 Å². The molecule has 164 valence electrons. The molecule has 0 saturated carbocycles. The van der Waals surface area contributed by atoms with Crippen molar-refractivity contribution in [2.24, 2.45) is 5.73 Å². The number of nitrogens with zero attached hydrogens (tertiary/aromatic N) is 2. The van der Waals surface area contributed by atoms with Gasteiger partial charge in [0.1, 0.15) is 0 Å². The zero-order valence-electron chi connectivity index (χ0n) is 17.4. The summed E-state index contributed by atoms with van der Waals surface area (Å²) in [6.07, 6.45) is -3.89. The van der Waals surface area contributed by atoms with Gasteiger partial charge in [0.15, 0.2) is 0 Å². The Morgan fingerprint density at radius 2 is 1.11 bits per heavy atom. The van der Waals surface area contributed by atoms with Gasteiger partial charge in [-0.25, -0.2) is 0 Å². The average Bonchev–Trinajstić information content (AvgIpc) is 2.48. The number of rotatable bonds is 14. The minimum atomic E-state index is -1.30. The highest BCUT2D eigenvalue weighted by Gasteiger charge is 2.39. The summed E-state index contributed by atoms with van der Waals surface area (Å²) in [5, 5.41) is 59.8. The van der Waals surface area contributed by atoms with Crippen LogP contribution >= 0.6 is 0 Å². The lowest BCUT2D eigenvalue weighted by atomic mass is 9.89. The topological polar surface area (TPSA) is 154 Å². The molecule has 0 aliphatic heterocycles. The molecule has 27 heavy (non-hydrogen) atoms. The SMILES string of the molecule is CC(O)CN(CC(C)O)CC(C(O)C(C)(N)CO)N(CC(C)O)CC(C)O. The average molecular weight is 396 g/mol. The summed E-state index contributed by atoms with van der Waals surface area (Å²) in [6, 6.07) is -0.645. The first-order valence-corrected chi connectivity index (χ1v) is 9.56. The standard InChI is InChI=1S/C18H41N3O6/c1-12(23)6-20(7-13(2)24)10-16(17(27)18(5,19)11-22)21(8-14(3)25)9-15(4)26/h12-17,22-27H,6-11,19H2,1-5H3. The molecule has 0 heterocycles. The predicted octanol–water partition coefficient (Wildman–Crippen LogP) is -2.45. The number of hydrogen-bond donors (Lipinski definition) is 7. The molecule has 0 amide bonds. The monoisotopic (exact) mass is 395 g/mol. The largest absolute Gasteiger partial charge is 0.394 e. The van der Waals surface area contributed by atoms with Crippen molar-refractivity contribution in [2.45, 2.75) is 76.7 Å². The van der Waals surface area contributed by atoms with E-state index in [1.165, 1.54) is 6.92 Å². The second kappa shape index (κ2) is 12.3. The zero-order chi connectivity index (χ0) is 21.4. The lowest BCUT2D eigenvalue weighted by molar-refractivity contribution is -0.0545. The molecule has 7 unspecified atom stereocenters. The third-order valence-electron chi connectivity index (χ3n) is 4.34. The minimum Gasteiger partial charge on any atom is -0.394 e. The molecular weight excluding hydrogens is 354 g/mol. The number of aliphatic hydroxyl groups excluding tert-OH is 6. The van der Waals surface area contributed by atoms with Gasteiger partial charge in [0.05, 0.1) is 48.7 Å². The maximum atomic E-state index is 10.9. The van der Waals surface area contributed by atoms with Crippen LogP contribution < -0.4 is 5.73 Å². The van der Waals surface area contributed by atoms with Crippen molar-refractivity contribution in [3.05, 3.63) is 0 Å². The fourth-order valence-electron chi connectivity index (χ4n) is 3.21. The van der Waals surface area contributed by atoms with E-state index in [0.717, 1.165) is 0 Å². The predicted molar refractivity (Wildman–Crippen MR) is 104 cm³/mol. The van der Waals surface area contributed by atoms with Crippen LogP contribution in [-0.4, -0.2) is 122 Å². The van der Waals surface area contributed by atoms with Crippen molar-refractivity contribution in [1.82, 2.24) is 9.80 Å². The molecule has 7 atom stereocenters. The van der Waals surface area contributed by atoms with Gasteiger partial charge in [0.25, 0.3) is 0 Å². The molecule has 8 N–H and O–H groups in total. The Hall–Kier alpha value is -0.360. The van der Waals surface area contributed by atoms with Crippen LogP contribution in [0, 0.1) is 0 Å².